The van der Waals surface area contributed by atoms with Crippen LogP contribution in [0.15, 0.2) is 47.5 Å². The molecule has 0 saturated heterocycles. The van der Waals surface area contributed by atoms with Crippen molar-refractivity contribution in [2.45, 2.75) is 13.5 Å². The third kappa shape index (κ3) is 4.01. The summed E-state index contributed by atoms with van der Waals surface area (Å²) in [6.07, 6.45) is 0. The number of amides is 1. The number of hydrogen-bond acceptors (Lipinski definition) is 6. The molecule has 0 aliphatic carbocycles. The molecule has 0 spiro atoms. The fourth-order valence-corrected chi connectivity index (χ4v) is 3.67. The van der Waals surface area contributed by atoms with Crippen LogP contribution in [0.1, 0.15) is 27.6 Å². The van der Waals surface area contributed by atoms with Crippen molar-refractivity contribution in [3.63, 3.8) is 0 Å². The van der Waals surface area contributed by atoms with Crippen LogP contribution in [0, 0.1) is 0 Å². The number of Topliss-reactive ketones (excluding diaryl/α,β-unsaturated/α-hetero) is 1. The van der Waals surface area contributed by atoms with Crippen molar-refractivity contribution in [2.75, 3.05) is 14.2 Å². The molecule has 1 amide bonds. The highest BCUT2D eigenvalue weighted by Crippen LogP contribution is 2.23. The van der Waals surface area contributed by atoms with Gasteiger partial charge in [0.15, 0.2) is 10.6 Å². The molecule has 0 N–H and O–H groups in total. The highest BCUT2D eigenvalue weighted by Gasteiger charge is 2.13. The first-order valence-electron chi connectivity index (χ1n) is 8.37. The summed E-state index contributed by atoms with van der Waals surface area (Å²) in [4.78, 5) is 40.4. The maximum absolute atomic E-state index is 12.6. The van der Waals surface area contributed by atoms with Crippen molar-refractivity contribution in [1.29, 1.82) is 0 Å². The first kappa shape index (κ1) is 19.5. The third-order valence-corrected chi connectivity index (χ3v) is 5.18. The molecule has 0 aliphatic rings. The number of thiazole rings is 1. The number of carbonyl (C=O) groups is 3. The minimum absolute atomic E-state index is 0.0712. The predicted molar refractivity (Wildman–Crippen MR) is 105 cm³/mol. The lowest BCUT2D eigenvalue weighted by atomic mass is 10.1. The van der Waals surface area contributed by atoms with Gasteiger partial charge in [-0.25, -0.2) is 0 Å². The number of ether oxygens (including phenoxy) is 2. The third-order valence-electron chi connectivity index (χ3n) is 4.14. The zero-order valence-electron chi connectivity index (χ0n) is 15.6. The molecule has 0 saturated carbocycles. The van der Waals surface area contributed by atoms with Gasteiger partial charge >= 0.3 is 5.97 Å². The van der Waals surface area contributed by atoms with E-state index in [9.17, 15) is 14.4 Å². The monoisotopic (exact) mass is 398 g/mol. The number of hydrogen-bond donors (Lipinski definition) is 0. The van der Waals surface area contributed by atoms with Crippen molar-refractivity contribution < 1.29 is 23.9 Å². The molecular weight excluding hydrogens is 380 g/mol. The van der Waals surface area contributed by atoms with Gasteiger partial charge in [-0.15, -0.1) is 0 Å². The molecule has 0 bridgehead atoms. The summed E-state index contributed by atoms with van der Waals surface area (Å²) in [6, 6.07) is 11.7. The summed E-state index contributed by atoms with van der Waals surface area (Å²) in [6.45, 7) is 1.39. The average molecular weight is 398 g/mol. The quantitative estimate of drug-likeness (QED) is 0.487. The van der Waals surface area contributed by atoms with E-state index in [1.807, 2.05) is 6.07 Å². The summed E-state index contributed by atoms with van der Waals surface area (Å²) in [5, 5.41) is 0. The minimum Gasteiger partial charge on any atom is -0.497 e. The van der Waals surface area contributed by atoms with Crippen molar-refractivity contribution in [3.8, 4) is 5.75 Å². The molecule has 7 nitrogen and oxygen atoms in total. The molecule has 1 aromatic heterocycles. The Labute approximate surface area is 164 Å². The highest BCUT2D eigenvalue weighted by atomic mass is 32.1. The maximum atomic E-state index is 12.6. The lowest BCUT2D eigenvalue weighted by Gasteiger charge is -2.04. The van der Waals surface area contributed by atoms with Gasteiger partial charge < -0.3 is 14.0 Å². The van der Waals surface area contributed by atoms with E-state index in [1.165, 1.54) is 25.4 Å². The SMILES string of the molecule is COC(=O)Cn1c(=NC(=O)c2ccc(C(C)=O)cc2)sc2cc(OC)ccc21. The molecule has 0 atom stereocenters. The Balaban J connectivity index is 2.08. The number of methoxy groups -OCH3 is 2. The molecule has 0 radical (unpaired) electrons. The average Bonchev–Trinajstić information content (AvgIpc) is 3.03. The second-order valence-corrected chi connectivity index (χ2v) is 6.94. The predicted octanol–water partition coefficient (Wildman–Crippen LogP) is 2.83. The van der Waals surface area contributed by atoms with Gasteiger partial charge in [0.05, 0.1) is 24.4 Å². The Hall–Kier alpha value is -3.26. The van der Waals surface area contributed by atoms with Gasteiger partial charge in [0.25, 0.3) is 5.91 Å². The summed E-state index contributed by atoms with van der Waals surface area (Å²) >= 11 is 1.27. The lowest BCUT2D eigenvalue weighted by Crippen LogP contribution is -2.22. The number of benzene rings is 2. The standard InChI is InChI=1S/C20H18N2O5S/c1-12(23)13-4-6-14(7-5-13)19(25)21-20-22(11-18(24)27-3)16-9-8-15(26-2)10-17(16)28-20/h4-10H,11H2,1-3H3. The van der Waals surface area contributed by atoms with Gasteiger partial charge in [-0.2, -0.15) is 4.99 Å². The topological polar surface area (TPSA) is 87.0 Å². The van der Waals surface area contributed by atoms with E-state index in [1.54, 1.807) is 48.1 Å². The van der Waals surface area contributed by atoms with Crippen LogP contribution in [0.3, 0.4) is 0 Å². The van der Waals surface area contributed by atoms with Gasteiger partial charge in [0, 0.05) is 11.1 Å². The molecule has 0 aliphatic heterocycles. The molecule has 1 heterocycles. The number of fused-ring (bicyclic) bond motifs is 1. The van der Waals surface area contributed by atoms with Crippen LogP contribution < -0.4 is 9.54 Å². The van der Waals surface area contributed by atoms with Crippen LogP contribution in [-0.2, 0) is 16.1 Å². The normalized spacial score (nSPS) is 11.5. The van der Waals surface area contributed by atoms with Crippen molar-refractivity contribution in [3.05, 3.63) is 58.4 Å². The fraction of sp³-hybridized carbons (Fsp3) is 0.200. The molecule has 144 valence electrons. The van der Waals surface area contributed by atoms with Crippen molar-refractivity contribution >= 4 is 39.2 Å². The van der Waals surface area contributed by atoms with Crippen molar-refractivity contribution in [2.24, 2.45) is 4.99 Å². The van der Waals surface area contributed by atoms with E-state index in [-0.39, 0.29) is 12.3 Å². The second-order valence-electron chi connectivity index (χ2n) is 5.93. The van der Waals surface area contributed by atoms with Crippen LogP contribution in [0.4, 0.5) is 0 Å². The van der Waals surface area contributed by atoms with Crippen LogP contribution >= 0.6 is 11.3 Å². The van der Waals surface area contributed by atoms with E-state index in [0.29, 0.717) is 21.7 Å². The first-order valence-corrected chi connectivity index (χ1v) is 9.19. The Morgan fingerprint density at radius 2 is 1.71 bits per heavy atom. The summed E-state index contributed by atoms with van der Waals surface area (Å²) < 4.78 is 12.4. The number of nitrogens with zero attached hydrogens (tertiary/aromatic N) is 2. The Kier molecular flexibility index (Phi) is 5.70. The van der Waals surface area contributed by atoms with Crippen LogP contribution in [0.25, 0.3) is 10.2 Å². The molecule has 0 fully saturated rings. The van der Waals surface area contributed by atoms with Gasteiger partial charge in [-0.1, -0.05) is 23.5 Å². The van der Waals surface area contributed by atoms with Crippen molar-refractivity contribution in [1.82, 2.24) is 4.57 Å². The minimum atomic E-state index is -0.466. The molecule has 0 unspecified atom stereocenters. The highest BCUT2D eigenvalue weighted by molar-refractivity contribution is 7.16. The fourth-order valence-electron chi connectivity index (χ4n) is 2.61. The second kappa shape index (κ2) is 8.18. The molecule has 2 aromatic carbocycles. The number of ketones is 1. The summed E-state index contributed by atoms with van der Waals surface area (Å²) in [7, 11) is 2.87. The molecule has 28 heavy (non-hydrogen) atoms. The van der Waals surface area contributed by atoms with Gasteiger partial charge in [0.2, 0.25) is 0 Å². The van der Waals surface area contributed by atoms with E-state index < -0.39 is 11.9 Å². The largest absolute Gasteiger partial charge is 0.497 e. The van der Waals surface area contributed by atoms with Gasteiger partial charge in [-0.3, -0.25) is 14.4 Å². The number of carbonyl (C=O) groups excluding carboxylic acids is 3. The van der Waals surface area contributed by atoms with Crippen LogP contribution in [-0.4, -0.2) is 36.4 Å². The van der Waals surface area contributed by atoms with Crippen LogP contribution in [0.5, 0.6) is 5.75 Å². The Morgan fingerprint density at radius 1 is 1.04 bits per heavy atom. The Bertz CT molecular complexity index is 1130. The molecule has 3 rings (SSSR count). The lowest BCUT2D eigenvalue weighted by molar-refractivity contribution is -0.141. The molecule has 3 aromatic rings. The maximum Gasteiger partial charge on any atom is 0.325 e. The number of rotatable bonds is 5. The molecular formula is C20H18N2O5S. The zero-order valence-corrected chi connectivity index (χ0v) is 16.4. The van der Waals surface area contributed by atoms with E-state index in [4.69, 9.17) is 9.47 Å². The zero-order chi connectivity index (χ0) is 20.3. The van der Waals surface area contributed by atoms with Gasteiger partial charge in [0.1, 0.15) is 12.3 Å². The number of aromatic nitrogens is 1. The van der Waals surface area contributed by atoms with E-state index in [0.717, 1.165) is 10.2 Å². The van der Waals surface area contributed by atoms with E-state index in [2.05, 4.69) is 4.99 Å². The molecule has 8 heteroatoms. The Morgan fingerprint density at radius 3 is 2.32 bits per heavy atom. The smallest absolute Gasteiger partial charge is 0.325 e. The van der Waals surface area contributed by atoms with Gasteiger partial charge in [-0.05, 0) is 37.3 Å². The summed E-state index contributed by atoms with van der Waals surface area (Å²) in [5.41, 5.74) is 1.62. The van der Waals surface area contributed by atoms with E-state index >= 15 is 0 Å². The van der Waals surface area contributed by atoms with Crippen LogP contribution in [0.2, 0.25) is 0 Å². The summed E-state index contributed by atoms with van der Waals surface area (Å²) in [5.74, 6) is -0.329. The number of esters is 1. The first-order chi connectivity index (χ1) is 13.4.